The lowest BCUT2D eigenvalue weighted by molar-refractivity contribution is -0.139. The zero-order valence-electron chi connectivity index (χ0n) is 15.1. The topological polar surface area (TPSA) is 46.3 Å². The van der Waals surface area contributed by atoms with Crippen molar-refractivity contribution >= 4 is 18.3 Å². The number of aryl methyl sites for hydroxylation is 1. The van der Waals surface area contributed by atoms with Crippen LogP contribution in [0, 0.1) is 11.8 Å². The molecule has 3 nitrogen and oxygen atoms in total. The first-order valence-corrected chi connectivity index (χ1v) is 9.81. The Morgan fingerprint density at radius 3 is 2.80 bits per heavy atom. The van der Waals surface area contributed by atoms with Gasteiger partial charge in [-0.1, -0.05) is 30.7 Å². The van der Waals surface area contributed by atoms with E-state index in [4.69, 9.17) is 5.73 Å². The van der Waals surface area contributed by atoms with Gasteiger partial charge in [0.1, 0.15) is 0 Å². The van der Waals surface area contributed by atoms with Crippen molar-refractivity contribution < 1.29 is 4.79 Å². The van der Waals surface area contributed by atoms with Crippen molar-refractivity contribution in [1.29, 1.82) is 0 Å². The van der Waals surface area contributed by atoms with Gasteiger partial charge in [-0.05, 0) is 68.5 Å². The molecule has 1 aromatic rings. The number of amides is 1. The Kier molecular flexibility index (Phi) is 5.75. The predicted octanol–water partition coefficient (Wildman–Crippen LogP) is 3.68. The van der Waals surface area contributed by atoms with E-state index < -0.39 is 0 Å². The molecular formula is C21H31ClN2O. The van der Waals surface area contributed by atoms with Crippen LogP contribution in [0.4, 0.5) is 0 Å². The normalized spacial score (nSPS) is 31.5. The minimum atomic E-state index is 0. The Balaban J connectivity index is 0.00000182. The van der Waals surface area contributed by atoms with Gasteiger partial charge in [0.15, 0.2) is 0 Å². The highest BCUT2D eigenvalue weighted by atomic mass is 35.5. The van der Waals surface area contributed by atoms with Crippen molar-refractivity contribution in [3.63, 3.8) is 0 Å². The number of fused-ring (bicyclic) bond motifs is 2. The van der Waals surface area contributed by atoms with E-state index in [2.05, 4.69) is 29.2 Å². The predicted molar refractivity (Wildman–Crippen MR) is 104 cm³/mol. The van der Waals surface area contributed by atoms with Gasteiger partial charge in [0, 0.05) is 24.4 Å². The second-order valence-corrected chi connectivity index (χ2v) is 8.19. The van der Waals surface area contributed by atoms with Crippen LogP contribution in [0.1, 0.15) is 56.1 Å². The van der Waals surface area contributed by atoms with E-state index in [1.165, 1.54) is 43.2 Å². The molecule has 2 N–H and O–H groups in total. The molecule has 0 aromatic heterocycles. The first-order chi connectivity index (χ1) is 11.7. The number of nitrogens with zero attached hydrogens (tertiary/aromatic N) is 1. The number of likely N-dealkylation sites (tertiary alicyclic amines) is 1. The molecule has 1 aromatic carbocycles. The van der Waals surface area contributed by atoms with Crippen LogP contribution in [-0.4, -0.2) is 30.4 Å². The number of halogens is 1. The summed E-state index contributed by atoms with van der Waals surface area (Å²) >= 11 is 0. The van der Waals surface area contributed by atoms with Crippen molar-refractivity contribution in [2.45, 2.75) is 56.8 Å². The fourth-order valence-corrected chi connectivity index (χ4v) is 5.63. The van der Waals surface area contributed by atoms with E-state index in [0.29, 0.717) is 18.4 Å². The zero-order chi connectivity index (χ0) is 16.6. The summed E-state index contributed by atoms with van der Waals surface area (Å²) in [6.07, 6.45) is 9.41. The van der Waals surface area contributed by atoms with Crippen LogP contribution in [0.5, 0.6) is 0 Å². The van der Waals surface area contributed by atoms with E-state index in [0.717, 1.165) is 32.4 Å². The number of carbonyl (C=O) groups is 1. The summed E-state index contributed by atoms with van der Waals surface area (Å²) < 4.78 is 0. The summed E-state index contributed by atoms with van der Waals surface area (Å²) in [5, 5.41) is 0. The van der Waals surface area contributed by atoms with Crippen molar-refractivity contribution in [2.75, 3.05) is 19.6 Å². The van der Waals surface area contributed by atoms with E-state index in [1.807, 2.05) is 0 Å². The number of hydrogen-bond acceptors (Lipinski definition) is 2. The molecule has 1 heterocycles. The third-order valence-corrected chi connectivity index (χ3v) is 6.86. The summed E-state index contributed by atoms with van der Waals surface area (Å²) in [5.74, 6) is 0.989. The Morgan fingerprint density at radius 1 is 1.16 bits per heavy atom. The van der Waals surface area contributed by atoms with Crippen LogP contribution in [-0.2, 0) is 16.6 Å². The van der Waals surface area contributed by atoms with Gasteiger partial charge in [-0.3, -0.25) is 4.79 Å². The van der Waals surface area contributed by atoms with Crippen molar-refractivity contribution in [3.8, 4) is 0 Å². The maximum Gasteiger partial charge on any atom is 0.226 e. The number of rotatable bonds is 2. The van der Waals surface area contributed by atoms with Crippen molar-refractivity contribution in [2.24, 2.45) is 17.6 Å². The van der Waals surface area contributed by atoms with Gasteiger partial charge in [-0.25, -0.2) is 0 Å². The van der Waals surface area contributed by atoms with Crippen LogP contribution >= 0.6 is 12.4 Å². The molecule has 4 rings (SSSR count). The zero-order valence-corrected chi connectivity index (χ0v) is 15.9. The molecule has 0 bridgehead atoms. The van der Waals surface area contributed by atoms with E-state index in [9.17, 15) is 4.79 Å². The van der Waals surface area contributed by atoms with E-state index >= 15 is 0 Å². The lowest BCUT2D eigenvalue weighted by Crippen LogP contribution is -2.52. The molecule has 1 saturated heterocycles. The average Bonchev–Trinajstić information content (AvgIpc) is 3.10. The number of benzene rings is 1. The van der Waals surface area contributed by atoms with Gasteiger partial charge in [0.25, 0.3) is 0 Å². The number of nitrogens with two attached hydrogens (primary N) is 1. The lowest BCUT2D eigenvalue weighted by Gasteiger charge is -2.47. The Bertz CT molecular complexity index is 620. The van der Waals surface area contributed by atoms with E-state index in [1.54, 1.807) is 0 Å². The second kappa shape index (κ2) is 7.67. The first-order valence-electron chi connectivity index (χ1n) is 9.81. The van der Waals surface area contributed by atoms with E-state index in [-0.39, 0.29) is 23.7 Å². The van der Waals surface area contributed by atoms with Crippen LogP contribution < -0.4 is 5.73 Å². The van der Waals surface area contributed by atoms with Crippen LogP contribution in [0.3, 0.4) is 0 Å². The van der Waals surface area contributed by atoms with Gasteiger partial charge in [-0.15, -0.1) is 12.4 Å². The minimum absolute atomic E-state index is 0. The smallest absolute Gasteiger partial charge is 0.226 e. The third-order valence-electron chi connectivity index (χ3n) is 6.86. The molecule has 1 aliphatic heterocycles. The SMILES string of the molecule is Cl.NC[C@H]1CCC[C@H]1C(=O)N1CCCC2(CCCc3ccccc32)C1. The fourth-order valence-electron chi connectivity index (χ4n) is 5.63. The molecule has 1 unspecified atom stereocenters. The minimum Gasteiger partial charge on any atom is -0.342 e. The molecule has 0 radical (unpaired) electrons. The monoisotopic (exact) mass is 362 g/mol. The highest BCUT2D eigenvalue weighted by molar-refractivity contribution is 5.85. The summed E-state index contributed by atoms with van der Waals surface area (Å²) in [6, 6.07) is 8.95. The summed E-state index contributed by atoms with van der Waals surface area (Å²) in [7, 11) is 0. The number of piperidine rings is 1. The highest BCUT2D eigenvalue weighted by Gasteiger charge is 2.43. The van der Waals surface area contributed by atoms with Gasteiger partial charge < -0.3 is 10.6 Å². The van der Waals surface area contributed by atoms with Crippen molar-refractivity contribution in [1.82, 2.24) is 4.90 Å². The third kappa shape index (κ3) is 3.33. The number of carbonyl (C=O) groups excluding carboxylic acids is 1. The molecular weight excluding hydrogens is 332 g/mol. The van der Waals surface area contributed by atoms with Gasteiger partial charge in [0.05, 0.1) is 0 Å². The number of hydrogen-bond donors (Lipinski definition) is 1. The van der Waals surface area contributed by atoms with Gasteiger partial charge in [0.2, 0.25) is 5.91 Å². The molecule has 1 amide bonds. The molecule has 1 saturated carbocycles. The quantitative estimate of drug-likeness (QED) is 0.872. The lowest BCUT2D eigenvalue weighted by atomic mass is 9.65. The fraction of sp³-hybridized carbons (Fsp3) is 0.667. The molecule has 3 aliphatic rings. The maximum atomic E-state index is 13.2. The summed E-state index contributed by atoms with van der Waals surface area (Å²) in [5.41, 5.74) is 9.16. The van der Waals surface area contributed by atoms with Gasteiger partial charge >= 0.3 is 0 Å². The molecule has 2 aliphatic carbocycles. The molecule has 3 atom stereocenters. The molecule has 2 fully saturated rings. The first kappa shape index (κ1) is 18.7. The molecule has 1 spiro atoms. The molecule has 4 heteroatoms. The van der Waals surface area contributed by atoms with Crippen molar-refractivity contribution in [3.05, 3.63) is 35.4 Å². The summed E-state index contributed by atoms with van der Waals surface area (Å²) in [4.78, 5) is 15.4. The van der Waals surface area contributed by atoms with Crippen LogP contribution in [0.15, 0.2) is 24.3 Å². The second-order valence-electron chi connectivity index (χ2n) is 8.19. The Labute approximate surface area is 157 Å². The Morgan fingerprint density at radius 2 is 1.96 bits per heavy atom. The largest absolute Gasteiger partial charge is 0.342 e. The standard InChI is InChI=1S/C21H30N2O.ClH/c22-14-17-7-3-9-18(17)20(24)23-13-5-12-21(15-23)11-4-8-16-6-1-2-10-19(16)21;/h1-2,6,10,17-18H,3-5,7-9,11-15,22H2;1H/t17-,18-,21?;/m1./s1. The van der Waals surface area contributed by atoms with Crippen LogP contribution in [0.2, 0.25) is 0 Å². The molecule has 138 valence electrons. The Hall–Kier alpha value is -1.06. The highest BCUT2D eigenvalue weighted by Crippen LogP contribution is 2.44. The molecule has 25 heavy (non-hydrogen) atoms. The van der Waals surface area contributed by atoms with Gasteiger partial charge in [-0.2, -0.15) is 0 Å². The summed E-state index contributed by atoms with van der Waals surface area (Å²) in [6.45, 7) is 2.53. The average molecular weight is 363 g/mol. The van der Waals surface area contributed by atoms with Crippen LogP contribution in [0.25, 0.3) is 0 Å². The maximum absolute atomic E-state index is 13.2.